The number of halogens is 4. The van der Waals surface area contributed by atoms with E-state index < -0.39 is 46.3 Å². The summed E-state index contributed by atoms with van der Waals surface area (Å²) in [5, 5.41) is 3.03. The van der Waals surface area contributed by atoms with Crippen LogP contribution in [-0.4, -0.2) is 41.0 Å². The van der Waals surface area contributed by atoms with Gasteiger partial charge in [-0.25, -0.2) is 22.5 Å². The first-order valence-corrected chi connectivity index (χ1v) is 12.4. The summed E-state index contributed by atoms with van der Waals surface area (Å²) in [5.41, 5.74) is -1.63. The fourth-order valence-electron chi connectivity index (χ4n) is 6.83. The number of carbonyl (C=O) groups excluding carboxylic acids is 1. The normalized spacial score (nSPS) is 27.5. The molecule has 0 aliphatic heterocycles. The number of pyridine rings is 2. The Hall–Kier alpha value is -3.43. The van der Waals surface area contributed by atoms with Crippen LogP contribution < -0.4 is 15.6 Å². The van der Waals surface area contributed by atoms with E-state index in [0.29, 0.717) is 31.1 Å². The van der Waals surface area contributed by atoms with Crippen molar-refractivity contribution in [1.29, 1.82) is 0 Å². The first-order valence-electron chi connectivity index (χ1n) is 12.4. The second-order valence-corrected chi connectivity index (χ2v) is 11.0. The highest BCUT2D eigenvalue weighted by Crippen LogP contribution is 2.61. The molecule has 7 rings (SSSR count). The predicted octanol–water partition coefficient (Wildman–Crippen LogP) is 4.67. The molecule has 4 fully saturated rings. The van der Waals surface area contributed by atoms with Gasteiger partial charge in [0.15, 0.2) is 5.65 Å². The van der Waals surface area contributed by atoms with Crippen molar-refractivity contribution in [3.8, 4) is 5.69 Å². The van der Waals surface area contributed by atoms with Crippen molar-refractivity contribution in [3.63, 3.8) is 0 Å². The van der Waals surface area contributed by atoms with Crippen molar-refractivity contribution >= 4 is 22.8 Å². The summed E-state index contributed by atoms with van der Waals surface area (Å²) in [6.07, 6.45) is 3.05. The SMILES string of the molecule is CN(C)c1ccc2c(=O)c(C(=O)NC34CC5CC(C3)C(F)(F)C(C5)C4)cn(-c3ccc(F)cc3F)c2n1. The van der Waals surface area contributed by atoms with Gasteiger partial charge < -0.3 is 10.2 Å². The highest BCUT2D eigenvalue weighted by Gasteiger charge is 2.64. The molecule has 0 spiro atoms. The van der Waals surface area contributed by atoms with Gasteiger partial charge in [-0.05, 0) is 62.3 Å². The van der Waals surface area contributed by atoms with Crippen LogP contribution in [0.1, 0.15) is 42.5 Å². The topological polar surface area (TPSA) is 67.2 Å². The molecule has 2 aromatic heterocycles. The minimum Gasteiger partial charge on any atom is -0.363 e. The summed E-state index contributed by atoms with van der Waals surface area (Å²) < 4.78 is 59.2. The lowest BCUT2D eigenvalue weighted by Crippen LogP contribution is -2.66. The van der Waals surface area contributed by atoms with Crippen molar-refractivity contribution in [2.45, 2.75) is 43.6 Å². The van der Waals surface area contributed by atoms with Crippen molar-refractivity contribution < 1.29 is 22.4 Å². The molecule has 1 aromatic carbocycles. The molecular weight excluding hydrogens is 488 g/mol. The van der Waals surface area contributed by atoms with Gasteiger partial charge in [0.05, 0.1) is 11.1 Å². The molecule has 4 saturated carbocycles. The number of alkyl halides is 2. The Kier molecular flexibility index (Phi) is 5.20. The van der Waals surface area contributed by atoms with E-state index >= 15 is 0 Å². The average Bonchev–Trinajstić information content (AvgIpc) is 2.82. The van der Waals surface area contributed by atoms with Crippen LogP contribution >= 0.6 is 0 Å². The number of carbonyl (C=O) groups is 1. The van der Waals surface area contributed by atoms with Crippen LogP contribution in [0.5, 0.6) is 0 Å². The number of benzene rings is 1. The van der Waals surface area contributed by atoms with Crippen molar-refractivity contribution in [2.75, 3.05) is 19.0 Å². The van der Waals surface area contributed by atoms with Crippen molar-refractivity contribution in [3.05, 3.63) is 63.9 Å². The summed E-state index contributed by atoms with van der Waals surface area (Å²) >= 11 is 0. The van der Waals surface area contributed by atoms with E-state index in [0.717, 1.165) is 6.07 Å². The molecule has 1 N–H and O–H groups in total. The van der Waals surface area contributed by atoms with E-state index in [2.05, 4.69) is 10.3 Å². The van der Waals surface area contributed by atoms with E-state index in [1.807, 2.05) is 0 Å². The molecule has 10 heteroatoms. The highest BCUT2D eigenvalue weighted by molar-refractivity contribution is 5.97. The van der Waals surface area contributed by atoms with Gasteiger partial charge >= 0.3 is 0 Å². The van der Waals surface area contributed by atoms with Crippen LogP contribution in [-0.2, 0) is 0 Å². The van der Waals surface area contributed by atoms with Gasteiger partial charge in [0.1, 0.15) is 23.0 Å². The molecule has 0 radical (unpaired) electrons. The Bertz CT molecular complexity index is 1480. The number of fused-ring (bicyclic) bond motifs is 1. The molecule has 6 nitrogen and oxygen atoms in total. The van der Waals surface area contributed by atoms with Gasteiger partial charge in [-0.3, -0.25) is 14.2 Å². The minimum absolute atomic E-state index is 0.0824. The second kappa shape index (κ2) is 8.03. The molecule has 37 heavy (non-hydrogen) atoms. The van der Waals surface area contributed by atoms with Gasteiger partial charge in [-0.1, -0.05) is 0 Å². The van der Waals surface area contributed by atoms with E-state index in [4.69, 9.17) is 0 Å². The van der Waals surface area contributed by atoms with E-state index in [9.17, 15) is 27.2 Å². The quantitative estimate of drug-likeness (QED) is 0.514. The molecule has 3 aromatic rings. The van der Waals surface area contributed by atoms with Crippen LogP contribution in [0.15, 0.2) is 41.3 Å². The number of nitrogens with zero attached hydrogens (tertiary/aromatic N) is 3. The van der Waals surface area contributed by atoms with Crippen LogP contribution in [0.4, 0.5) is 23.4 Å². The van der Waals surface area contributed by atoms with E-state index in [1.54, 1.807) is 25.1 Å². The zero-order chi connectivity index (χ0) is 26.3. The van der Waals surface area contributed by atoms with Crippen molar-refractivity contribution in [2.24, 2.45) is 17.8 Å². The molecule has 4 aliphatic rings. The number of nitrogens with one attached hydrogen (secondary N) is 1. The van der Waals surface area contributed by atoms with E-state index in [-0.39, 0.29) is 41.0 Å². The zero-order valence-corrected chi connectivity index (χ0v) is 20.4. The van der Waals surface area contributed by atoms with Gasteiger partial charge in [-0.15, -0.1) is 0 Å². The van der Waals surface area contributed by atoms with Crippen LogP contribution in [0, 0.1) is 29.4 Å². The molecule has 2 unspecified atom stereocenters. The Morgan fingerprint density at radius 3 is 2.43 bits per heavy atom. The fraction of sp³-hybridized carbons (Fsp3) is 0.444. The lowest BCUT2D eigenvalue weighted by atomic mass is 9.51. The summed E-state index contributed by atoms with van der Waals surface area (Å²) in [5.74, 6) is -6.05. The number of amides is 1. The van der Waals surface area contributed by atoms with Crippen LogP contribution in [0.3, 0.4) is 0 Å². The fourth-order valence-corrected chi connectivity index (χ4v) is 6.83. The van der Waals surface area contributed by atoms with Crippen molar-refractivity contribution in [1.82, 2.24) is 14.9 Å². The molecule has 2 atom stereocenters. The second-order valence-electron chi connectivity index (χ2n) is 11.0. The first-order chi connectivity index (χ1) is 17.5. The number of anilines is 1. The van der Waals surface area contributed by atoms with Crippen LogP contribution in [0.25, 0.3) is 16.7 Å². The Balaban J connectivity index is 1.46. The Morgan fingerprint density at radius 1 is 1.08 bits per heavy atom. The average molecular weight is 515 g/mol. The summed E-state index contributed by atoms with van der Waals surface area (Å²) in [6.45, 7) is 0. The smallest absolute Gasteiger partial charge is 0.257 e. The van der Waals surface area contributed by atoms with Gasteiger partial charge in [0.25, 0.3) is 11.8 Å². The molecule has 2 heterocycles. The molecule has 4 bridgehead atoms. The summed E-state index contributed by atoms with van der Waals surface area (Å²) in [6, 6.07) is 6.12. The Labute approximate surface area is 210 Å². The molecular formula is C27H26F4N4O2. The maximum Gasteiger partial charge on any atom is 0.257 e. The zero-order valence-electron chi connectivity index (χ0n) is 20.4. The monoisotopic (exact) mass is 514 g/mol. The predicted molar refractivity (Wildman–Crippen MR) is 130 cm³/mol. The van der Waals surface area contributed by atoms with Gasteiger partial charge in [0.2, 0.25) is 5.43 Å². The third-order valence-electron chi connectivity index (χ3n) is 8.36. The third-order valence-corrected chi connectivity index (χ3v) is 8.36. The first kappa shape index (κ1) is 23.9. The van der Waals surface area contributed by atoms with E-state index in [1.165, 1.54) is 22.9 Å². The summed E-state index contributed by atoms with van der Waals surface area (Å²) in [4.78, 5) is 33.2. The maximum absolute atomic E-state index is 14.9. The van der Waals surface area contributed by atoms with Crippen LogP contribution in [0.2, 0.25) is 0 Å². The standard InChI is InChI=1S/C27H26F4N4O2/c1-34(2)22-6-4-18-23(36)19(13-35(24(18)32-22)21-5-3-17(28)9-20(21)29)25(37)33-26-10-14-7-15(11-26)27(30,31)16(8-14)12-26/h3-6,9,13-16H,7-8,10-12H2,1-2H3,(H,33,37). The molecule has 0 saturated heterocycles. The van der Waals surface area contributed by atoms with Gasteiger partial charge in [0, 0.05) is 43.7 Å². The molecule has 1 amide bonds. The lowest BCUT2D eigenvalue weighted by Gasteiger charge is -2.59. The third kappa shape index (κ3) is 3.71. The Morgan fingerprint density at radius 2 is 1.78 bits per heavy atom. The highest BCUT2D eigenvalue weighted by atomic mass is 19.3. The number of aromatic nitrogens is 2. The molecule has 4 aliphatic carbocycles. The molecule has 194 valence electrons. The minimum atomic E-state index is -2.74. The number of rotatable bonds is 4. The number of hydrogen-bond donors (Lipinski definition) is 1. The van der Waals surface area contributed by atoms with Gasteiger partial charge in [-0.2, -0.15) is 0 Å². The lowest BCUT2D eigenvalue weighted by molar-refractivity contribution is -0.209. The number of hydrogen-bond acceptors (Lipinski definition) is 4. The maximum atomic E-state index is 14.9. The largest absolute Gasteiger partial charge is 0.363 e. The summed E-state index contributed by atoms with van der Waals surface area (Å²) in [7, 11) is 3.51.